The van der Waals surface area contributed by atoms with E-state index in [1.807, 2.05) is 6.92 Å². The minimum Gasteiger partial charge on any atom is -0.449 e. The molecule has 1 N–H and O–H groups in total. The van der Waals surface area contributed by atoms with Crippen molar-refractivity contribution < 1.29 is 14.3 Å². The van der Waals surface area contributed by atoms with E-state index >= 15 is 0 Å². The molecule has 1 unspecified atom stereocenters. The quantitative estimate of drug-likeness (QED) is 0.849. The van der Waals surface area contributed by atoms with Gasteiger partial charge < -0.3 is 10.1 Å². The predicted molar refractivity (Wildman–Crippen MR) is 88.6 cm³/mol. The average molecular weight is 333 g/mol. The number of halogens is 1. The second-order valence-electron chi connectivity index (χ2n) is 4.99. The Bertz CT molecular complexity index is 704. The molecule has 1 atom stereocenters. The Balaban J connectivity index is 2.07. The molecule has 2 rings (SSSR count). The van der Waals surface area contributed by atoms with Gasteiger partial charge in [0, 0.05) is 23.1 Å². The Kier molecular flexibility index (Phi) is 5.71. The third-order valence-corrected chi connectivity index (χ3v) is 3.50. The standard InChI is InChI=1S/C17H17ClN2O3/c1-3-15(23-17(22)12-5-4-8-19-10-12)16(21)20-14-9-13(18)7-6-11(14)2/h4-10,15H,3H2,1-2H3,(H,20,21). The molecule has 1 aromatic heterocycles. The van der Waals surface area contributed by atoms with E-state index in [1.54, 1.807) is 43.5 Å². The van der Waals surface area contributed by atoms with E-state index in [4.69, 9.17) is 16.3 Å². The van der Waals surface area contributed by atoms with E-state index in [9.17, 15) is 9.59 Å². The third kappa shape index (κ3) is 4.53. The van der Waals surface area contributed by atoms with Crippen LogP contribution in [0.1, 0.15) is 29.3 Å². The zero-order chi connectivity index (χ0) is 16.8. The summed E-state index contributed by atoms with van der Waals surface area (Å²) in [4.78, 5) is 28.2. The minimum atomic E-state index is -0.888. The van der Waals surface area contributed by atoms with Gasteiger partial charge in [0.15, 0.2) is 6.10 Å². The van der Waals surface area contributed by atoms with Crippen LogP contribution in [-0.4, -0.2) is 23.0 Å². The molecule has 0 radical (unpaired) electrons. The molecule has 23 heavy (non-hydrogen) atoms. The molecule has 1 amide bonds. The summed E-state index contributed by atoms with van der Waals surface area (Å²) in [5.41, 5.74) is 1.77. The molecule has 0 spiro atoms. The molecule has 6 heteroatoms. The number of benzene rings is 1. The first kappa shape index (κ1) is 17.0. The van der Waals surface area contributed by atoms with Crippen LogP contribution < -0.4 is 5.32 Å². The van der Waals surface area contributed by atoms with Crippen LogP contribution >= 0.6 is 11.6 Å². The third-order valence-electron chi connectivity index (χ3n) is 3.27. The highest BCUT2D eigenvalue weighted by atomic mass is 35.5. The molecule has 0 aliphatic carbocycles. The topological polar surface area (TPSA) is 68.3 Å². The van der Waals surface area contributed by atoms with Crippen LogP contribution in [-0.2, 0) is 9.53 Å². The Morgan fingerprint density at radius 1 is 1.35 bits per heavy atom. The smallest absolute Gasteiger partial charge is 0.340 e. The van der Waals surface area contributed by atoms with Crippen molar-refractivity contribution in [2.24, 2.45) is 0 Å². The lowest BCUT2D eigenvalue weighted by Gasteiger charge is -2.17. The molecule has 0 saturated carbocycles. The number of nitrogens with one attached hydrogen (secondary N) is 1. The molecule has 0 bridgehead atoms. The highest BCUT2D eigenvalue weighted by Gasteiger charge is 2.22. The number of rotatable bonds is 5. The number of hydrogen-bond donors (Lipinski definition) is 1. The highest BCUT2D eigenvalue weighted by molar-refractivity contribution is 6.31. The van der Waals surface area contributed by atoms with E-state index in [1.165, 1.54) is 6.20 Å². The number of ether oxygens (including phenoxy) is 1. The lowest BCUT2D eigenvalue weighted by atomic mass is 10.2. The number of amides is 1. The first-order valence-corrected chi connectivity index (χ1v) is 7.57. The minimum absolute atomic E-state index is 0.303. The molecule has 0 aliphatic heterocycles. The maximum atomic E-state index is 12.3. The second kappa shape index (κ2) is 7.74. The van der Waals surface area contributed by atoms with E-state index in [-0.39, 0.29) is 0 Å². The van der Waals surface area contributed by atoms with E-state index < -0.39 is 18.0 Å². The SMILES string of the molecule is CCC(OC(=O)c1cccnc1)C(=O)Nc1cc(Cl)ccc1C. The average Bonchev–Trinajstić information content (AvgIpc) is 2.56. The van der Waals surface area contributed by atoms with E-state index in [0.717, 1.165) is 5.56 Å². The van der Waals surface area contributed by atoms with Crippen molar-refractivity contribution in [1.82, 2.24) is 4.98 Å². The zero-order valence-electron chi connectivity index (χ0n) is 12.9. The summed E-state index contributed by atoms with van der Waals surface area (Å²) in [7, 11) is 0. The Morgan fingerprint density at radius 2 is 2.13 bits per heavy atom. The first-order valence-electron chi connectivity index (χ1n) is 7.19. The number of aromatic nitrogens is 1. The van der Waals surface area contributed by atoms with Gasteiger partial charge in [-0.2, -0.15) is 0 Å². The maximum Gasteiger partial charge on any atom is 0.340 e. The highest BCUT2D eigenvalue weighted by Crippen LogP contribution is 2.21. The summed E-state index contributed by atoms with van der Waals surface area (Å²) in [5, 5.41) is 3.26. The number of esters is 1. The molecule has 2 aromatic rings. The normalized spacial score (nSPS) is 11.6. The zero-order valence-corrected chi connectivity index (χ0v) is 13.6. The summed E-state index contributed by atoms with van der Waals surface area (Å²) in [6.07, 6.45) is 2.43. The number of carbonyl (C=O) groups is 2. The molecule has 1 aromatic carbocycles. The van der Waals surface area contributed by atoms with Crippen LogP contribution in [0.2, 0.25) is 5.02 Å². The van der Waals surface area contributed by atoms with Gasteiger partial charge in [-0.1, -0.05) is 24.6 Å². The van der Waals surface area contributed by atoms with Crippen molar-refractivity contribution in [1.29, 1.82) is 0 Å². The number of aryl methyl sites for hydroxylation is 1. The van der Waals surface area contributed by atoms with Crippen molar-refractivity contribution in [2.45, 2.75) is 26.4 Å². The molecule has 0 aliphatic rings. The number of pyridine rings is 1. The molecular weight excluding hydrogens is 316 g/mol. The Hall–Kier alpha value is -2.40. The fraction of sp³-hybridized carbons (Fsp3) is 0.235. The number of nitrogens with zero attached hydrogens (tertiary/aromatic N) is 1. The van der Waals surface area contributed by atoms with E-state index in [0.29, 0.717) is 22.7 Å². The van der Waals surface area contributed by atoms with Crippen molar-refractivity contribution in [3.63, 3.8) is 0 Å². The van der Waals surface area contributed by atoms with Gasteiger partial charge in [0.25, 0.3) is 5.91 Å². The molecule has 120 valence electrons. The largest absolute Gasteiger partial charge is 0.449 e. The summed E-state index contributed by atoms with van der Waals surface area (Å²) in [5.74, 6) is -0.974. The fourth-order valence-electron chi connectivity index (χ4n) is 1.95. The van der Waals surface area contributed by atoms with Gasteiger partial charge in [-0.15, -0.1) is 0 Å². The molecule has 0 saturated heterocycles. The van der Waals surface area contributed by atoms with Gasteiger partial charge in [-0.25, -0.2) is 4.79 Å². The molecule has 5 nitrogen and oxygen atoms in total. The van der Waals surface area contributed by atoms with Crippen molar-refractivity contribution in [3.05, 3.63) is 58.9 Å². The summed E-state index contributed by atoms with van der Waals surface area (Å²) in [6, 6.07) is 8.42. The lowest BCUT2D eigenvalue weighted by Crippen LogP contribution is -2.32. The van der Waals surface area contributed by atoms with Crippen molar-refractivity contribution in [2.75, 3.05) is 5.32 Å². The monoisotopic (exact) mass is 332 g/mol. The van der Waals surface area contributed by atoms with Gasteiger partial charge in [0.05, 0.1) is 5.56 Å². The van der Waals surface area contributed by atoms with Crippen LogP contribution in [0.15, 0.2) is 42.7 Å². The van der Waals surface area contributed by atoms with Gasteiger partial charge in [0.2, 0.25) is 0 Å². The Morgan fingerprint density at radius 3 is 2.78 bits per heavy atom. The number of hydrogen-bond acceptors (Lipinski definition) is 4. The number of anilines is 1. The van der Waals surface area contributed by atoms with Crippen LogP contribution in [0.4, 0.5) is 5.69 Å². The second-order valence-corrected chi connectivity index (χ2v) is 5.43. The number of carbonyl (C=O) groups excluding carboxylic acids is 2. The fourth-order valence-corrected chi connectivity index (χ4v) is 2.12. The predicted octanol–water partition coefficient (Wildman–Crippen LogP) is 3.62. The maximum absolute atomic E-state index is 12.3. The van der Waals surface area contributed by atoms with Crippen molar-refractivity contribution in [3.8, 4) is 0 Å². The molecule has 0 fully saturated rings. The first-order chi connectivity index (χ1) is 11.0. The van der Waals surface area contributed by atoms with E-state index in [2.05, 4.69) is 10.3 Å². The summed E-state index contributed by atoms with van der Waals surface area (Å²) < 4.78 is 5.27. The van der Waals surface area contributed by atoms with Crippen LogP contribution in [0.25, 0.3) is 0 Å². The van der Waals surface area contributed by atoms with Gasteiger partial charge in [0.1, 0.15) is 0 Å². The molecular formula is C17H17ClN2O3. The summed E-state index contributed by atoms with van der Waals surface area (Å²) in [6.45, 7) is 3.63. The Labute approximate surface area is 139 Å². The van der Waals surface area contributed by atoms with Crippen LogP contribution in [0, 0.1) is 6.92 Å². The van der Waals surface area contributed by atoms with Crippen LogP contribution in [0.3, 0.4) is 0 Å². The van der Waals surface area contributed by atoms with Gasteiger partial charge >= 0.3 is 5.97 Å². The summed E-state index contributed by atoms with van der Waals surface area (Å²) >= 11 is 5.93. The van der Waals surface area contributed by atoms with Crippen molar-refractivity contribution >= 4 is 29.2 Å². The van der Waals surface area contributed by atoms with Gasteiger partial charge in [-0.3, -0.25) is 9.78 Å². The van der Waals surface area contributed by atoms with Crippen LogP contribution in [0.5, 0.6) is 0 Å². The lowest BCUT2D eigenvalue weighted by molar-refractivity contribution is -0.124. The molecule has 1 heterocycles. The van der Waals surface area contributed by atoms with Gasteiger partial charge in [-0.05, 0) is 43.2 Å².